The summed E-state index contributed by atoms with van der Waals surface area (Å²) in [5, 5.41) is 5.47. The van der Waals surface area contributed by atoms with Crippen LogP contribution in [-0.4, -0.2) is 29.3 Å². The topological polar surface area (TPSA) is 91.1 Å². The molecule has 9 heteroatoms. The average Bonchev–Trinajstić information content (AvgIpc) is 3.11. The van der Waals surface area contributed by atoms with Crippen molar-refractivity contribution in [3.05, 3.63) is 59.4 Å². The van der Waals surface area contributed by atoms with E-state index >= 15 is 0 Å². The van der Waals surface area contributed by atoms with E-state index in [0.717, 1.165) is 11.6 Å². The highest BCUT2D eigenvalue weighted by molar-refractivity contribution is 6.02. The third-order valence-electron chi connectivity index (χ3n) is 6.72. The van der Waals surface area contributed by atoms with Crippen LogP contribution in [0.1, 0.15) is 37.2 Å². The summed E-state index contributed by atoms with van der Waals surface area (Å²) in [5.41, 5.74) is 2.27. The highest BCUT2D eigenvalue weighted by Gasteiger charge is 2.36. The fourth-order valence-electron chi connectivity index (χ4n) is 5.00. The molecule has 3 aromatic rings. The lowest BCUT2D eigenvalue weighted by Crippen LogP contribution is -2.45. The number of fused-ring (bicyclic) bond motifs is 1. The number of amides is 3. The first-order chi connectivity index (χ1) is 16.3. The van der Waals surface area contributed by atoms with Gasteiger partial charge in [-0.05, 0) is 66.1 Å². The van der Waals surface area contributed by atoms with Crippen LogP contribution in [0.4, 0.5) is 13.2 Å². The molecular weight excluding hydrogens is 447 g/mol. The van der Waals surface area contributed by atoms with E-state index in [1.54, 1.807) is 12.1 Å². The molecule has 34 heavy (non-hydrogen) atoms. The zero-order valence-electron chi connectivity index (χ0n) is 18.1. The van der Waals surface area contributed by atoms with Crippen LogP contribution in [0.5, 0.6) is 0 Å². The summed E-state index contributed by atoms with van der Waals surface area (Å²) in [6, 6.07) is 7.95. The second-order valence-electron chi connectivity index (χ2n) is 9.09. The van der Waals surface area contributed by atoms with Crippen LogP contribution in [0, 0.1) is 29.3 Å². The molecule has 2 aliphatic rings. The van der Waals surface area contributed by atoms with E-state index in [1.165, 1.54) is 18.2 Å². The number of aromatic nitrogens is 1. The van der Waals surface area contributed by atoms with Crippen molar-refractivity contribution in [2.75, 3.05) is 6.54 Å². The van der Waals surface area contributed by atoms with Gasteiger partial charge in [0.25, 0.3) is 0 Å². The number of imide groups is 1. The van der Waals surface area contributed by atoms with Crippen molar-refractivity contribution in [3.8, 4) is 11.3 Å². The lowest BCUT2D eigenvalue weighted by atomic mass is 9.70. The first kappa shape index (κ1) is 22.2. The van der Waals surface area contributed by atoms with E-state index in [0.29, 0.717) is 36.0 Å². The standard InChI is InChI=1S/C25H22F3N3O3/c26-16-3-1-13(2-4-16)23-22(18-9-17(27)10-19(28)24(18)31-23)14-5-12(6-14)11-29-25(34)15-7-20(32)30-21(33)8-15/h1-4,9-10,12,14-15,31H,5-8,11H2,(H,29,34)(H,30,32,33)/t12-,14+. The van der Waals surface area contributed by atoms with Gasteiger partial charge in [0.2, 0.25) is 17.7 Å². The van der Waals surface area contributed by atoms with Gasteiger partial charge >= 0.3 is 0 Å². The average molecular weight is 469 g/mol. The number of H-pyrrole nitrogens is 1. The summed E-state index contributed by atoms with van der Waals surface area (Å²) in [5.74, 6) is -3.51. The summed E-state index contributed by atoms with van der Waals surface area (Å²) < 4.78 is 42.0. The molecule has 6 nitrogen and oxygen atoms in total. The molecule has 0 spiro atoms. The third-order valence-corrected chi connectivity index (χ3v) is 6.72. The number of halogens is 3. The zero-order chi connectivity index (χ0) is 24.0. The van der Waals surface area contributed by atoms with E-state index in [9.17, 15) is 27.6 Å². The Kier molecular flexibility index (Phi) is 5.63. The Morgan fingerprint density at radius 1 is 0.971 bits per heavy atom. The SMILES string of the molecule is O=C1CC(C(=O)NC[C@H]2C[C@@H](c3c(-c4ccc(F)cc4)[nH]c4c(F)cc(F)cc43)C2)CC(=O)N1. The highest BCUT2D eigenvalue weighted by Crippen LogP contribution is 2.48. The van der Waals surface area contributed by atoms with Gasteiger partial charge in [0.1, 0.15) is 17.5 Å². The summed E-state index contributed by atoms with van der Waals surface area (Å²) in [7, 11) is 0. The first-order valence-electron chi connectivity index (χ1n) is 11.2. The molecule has 1 aromatic heterocycles. The number of carbonyl (C=O) groups excluding carboxylic acids is 3. The molecular formula is C25H22F3N3O3. The maximum Gasteiger partial charge on any atom is 0.227 e. The summed E-state index contributed by atoms with van der Waals surface area (Å²) in [4.78, 5) is 38.5. The van der Waals surface area contributed by atoms with Crippen molar-refractivity contribution in [2.45, 2.75) is 31.6 Å². The largest absolute Gasteiger partial charge is 0.356 e. The summed E-state index contributed by atoms with van der Waals surface area (Å²) >= 11 is 0. The van der Waals surface area contributed by atoms with Crippen LogP contribution < -0.4 is 10.6 Å². The monoisotopic (exact) mass is 469 g/mol. The van der Waals surface area contributed by atoms with Crippen molar-refractivity contribution >= 4 is 28.6 Å². The van der Waals surface area contributed by atoms with Crippen molar-refractivity contribution < 1.29 is 27.6 Å². The lowest BCUT2D eigenvalue weighted by molar-refractivity contribution is -0.140. The Hall–Kier alpha value is -3.62. The first-order valence-corrected chi connectivity index (χ1v) is 11.2. The Balaban J connectivity index is 1.33. The second-order valence-corrected chi connectivity index (χ2v) is 9.09. The third kappa shape index (κ3) is 4.18. The molecule has 1 aliphatic heterocycles. The van der Waals surface area contributed by atoms with Gasteiger partial charge in [-0.1, -0.05) is 0 Å². The number of nitrogens with one attached hydrogen (secondary N) is 3. The van der Waals surface area contributed by atoms with Crippen LogP contribution >= 0.6 is 0 Å². The molecule has 3 amide bonds. The van der Waals surface area contributed by atoms with Gasteiger partial charge in [-0.25, -0.2) is 13.2 Å². The molecule has 5 rings (SSSR count). The number of hydrogen-bond acceptors (Lipinski definition) is 3. The van der Waals surface area contributed by atoms with Crippen LogP contribution in [0.15, 0.2) is 36.4 Å². The van der Waals surface area contributed by atoms with E-state index in [1.807, 2.05) is 0 Å². The minimum atomic E-state index is -0.696. The van der Waals surface area contributed by atoms with E-state index in [4.69, 9.17) is 0 Å². The molecule has 1 saturated carbocycles. The summed E-state index contributed by atoms with van der Waals surface area (Å²) in [6.45, 7) is 0.388. The Morgan fingerprint density at radius 3 is 2.32 bits per heavy atom. The van der Waals surface area contributed by atoms with Gasteiger partial charge in [-0.2, -0.15) is 0 Å². The number of carbonyl (C=O) groups is 3. The highest BCUT2D eigenvalue weighted by atomic mass is 19.1. The quantitative estimate of drug-likeness (QED) is 0.495. The van der Waals surface area contributed by atoms with Crippen molar-refractivity contribution in [2.24, 2.45) is 11.8 Å². The normalized spacial score (nSPS) is 20.8. The second kappa shape index (κ2) is 8.62. The summed E-state index contributed by atoms with van der Waals surface area (Å²) in [6.07, 6.45) is 1.34. The van der Waals surface area contributed by atoms with Gasteiger partial charge in [-0.15, -0.1) is 0 Å². The number of benzene rings is 2. The fraction of sp³-hybridized carbons (Fsp3) is 0.320. The maximum atomic E-state index is 14.5. The molecule has 176 valence electrons. The van der Waals surface area contributed by atoms with Gasteiger partial charge in [0, 0.05) is 30.8 Å². The minimum absolute atomic E-state index is 0.000980. The zero-order valence-corrected chi connectivity index (χ0v) is 18.1. The van der Waals surface area contributed by atoms with Gasteiger partial charge < -0.3 is 10.3 Å². The van der Waals surface area contributed by atoms with Crippen LogP contribution in [0.2, 0.25) is 0 Å². The predicted molar refractivity (Wildman–Crippen MR) is 118 cm³/mol. The molecule has 0 atom stereocenters. The predicted octanol–water partition coefficient (Wildman–Crippen LogP) is 3.91. The molecule has 1 aliphatic carbocycles. The Labute approximate surface area is 192 Å². The molecule has 2 fully saturated rings. The fourth-order valence-corrected chi connectivity index (χ4v) is 5.00. The molecule has 3 N–H and O–H groups in total. The number of rotatable bonds is 5. The Morgan fingerprint density at radius 2 is 1.65 bits per heavy atom. The maximum absolute atomic E-state index is 14.5. The molecule has 2 heterocycles. The lowest BCUT2D eigenvalue weighted by Gasteiger charge is -2.36. The molecule has 0 bridgehead atoms. The van der Waals surface area contributed by atoms with Crippen molar-refractivity contribution in [1.29, 1.82) is 0 Å². The number of hydrogen-bond donors (Lipinski definition) is 3. The molecule has 1 saturated heterocycles. The van der Waals surface area contributed by atoms with Crippen molar-refractivity contribution in [3.63, 3.8) is 0 Å². The van der Waals surface area contributed by atoms with E-state index in [-0.39, 0.29) is 36.1 Å². The van der Waals surface area contributed by atoms with E-state index < -0.39 is 35.2 Å². The van der Waals surface area contributed by atoms with Crippen molar-refractivity contribution in [1.82, 2.24) is 15.6 Å². The van der Waals surface area contributed by atoms with E-state index in [2.05, 4.69) is 15.6 Å². The minimum Gasteiger partial charge on any atom is -0.356 e. The molecule has 0 unspecified atom stereocenters. The van der Waals surface area contributed by atoms with Gasteiger partial charge in [-0.3, -0.25) is 19.7 Å². The Bertz CT molecular complexity index is 1280. The van der Waals surface area contributed by atoms with Gasteiger partial charge in [0.15, 0.2) is 0 Å². The van der Waals surface area contributed by atoms with Crippen LogP contribution in [-0.2, 0) is 14.4 Å². The smallest absolute Gasteiger partial charge is 0.227 e. The van der Waals surface area contributed by atoms with Crippen LogP contribution in [0.3, 0.4) is 0 Å². The molecule has 2 aromatic carbocycles. The molecule has 0 radical (unpaired) electrons. The number of piperidine rings is 1. The van der Waals surface area contributed by atoms with Gasteiger partial charge in [0.05, 0.1) is 17.1 Å². The number of aromatic amines is 1. The van der Waals surface area contributed by atoms with Crippen LogP contribution in [0.25, 0.3) is 22.2 Å².